The second kappa shape index (κ2) is 6.77. The Balaban J connectivity index is 0.00000162. The van der Waals surface area contributed by atoms with Gasteiger partial charge in [0.2, 0.25) is 0 Å². The van der Waals surface area contributed by atoms with Crippen LogP contribution in [0.3, 0.4) is 0 Å². The Bertz CT molecular complexity index is 514. The fourth-order valence-electron chi connectivity index (χ4n) is 1.75. The molecule has 4 heteroatoms. The molecule has 0 aliphatic heterocycles. The van der Waals surface area contributed by atoms with E-state index in [-0.39, 0.29) is 18.8 Å². The minimum atomic E-state index is -0.803. The van der Waals surface area contributed by atoms with Gasteiger partial charge in [-0.05, 0) is 6.07 Å². The zero-order chi connectivity index (χ0) is 12.1. The maximum absolute atomic E-state index is 10.6. The number of aromatic nitrogens is 1. The van der Waals surface area contributed by atoms with Crippen molar-refractivity contribution >= 4 is 5.97 Å². The van der Waals surface area contributed by atoms with Crippen molar-refractivity contribution in [2.24, 2.45) is 0 Å². The molecule has 2 aromatic rings. The van der Waals surface area contributed by atoms with Crippen molar-refractivity contribution in [2.75, 3.05) is 0 Å². The van der Waals surface area contributed by atoms with Gasteiger partial charge in [-0.25, -0.2) is 4.57 Å². The van der Waals surface area contributed by atoms with E-state index in [1.165, 1.54) is 5.56 Å². The third-order valence-corrected chi connectivity index (χ3v) is 2.48. The van der Waals surface area contributed by atoms with Crippen LogP contribution in [0.25, 0.3) is 0 Å². The standard InChI is InChI=1S/C14H13NO2.ClH/c16-14(17)9-13-7-4-8-15(11-13)10-12-5-2-1-3-6-12;/h1-8,11H,9-10H2;1H. The molecule has 0 saturated heterocycles. The molecule has 0 atom stereocenters. The van der Waals surface area contributed by atoms with Crippen LogP contribution < -0.4 is 17.0 Å². The van der Waals surface area contributed by atoms with E-state index in [9.17, 15) is 4.79 Å². The summed E-state index contributed by atoms with van der Waals surface area (Å²) in [5.41, 5.74) is 2.01. The van der Waals surface area contributed by atoms with Crippen molar-refractivity contribution in [3.8, 4) is 0 Å². The van der Waals surface area contributed by atoms with Crippen LogP contribution in [0.5, 0.6) is 0 Å². The largest absolute Gasteiger partial charge is 1.00 e. The summed E-state index contributed by atoms with van der Waals surface area (Å²) in [6.45, 7) is 0.758. The molecule has 0 spiro atoms. The average Bonchev–Trinajstić information content (AvgIpc) is 2.30. The van der Waals surface area contributed by atoms with Crippen molar-refractivity contribution < 1.29 is 26.9 Å². The van der Waals surface area contributed by atoms with E-state index in [1.54, 1.807) is 0 Å². The van der Waals surface area contributed by atoms with Crippen LogP contribution in [0, 0.1) is 0 Å². The summed E-state index contributed by atoms with van der Waals surface area (Å²) < 4.78 is 1.99. The molecule has 0 amide bonds. The lowest BCUT2D eigenvalue weighted by Crippen LogP contribution is -3.00. The Kier molecular flexibility index (Phi) is 5.33. The van der Waals surface area contributed by atoms with Crippen LogP contribution in [0.1, 0.15) is 11.1 Å². The highest BCUT2D eigenvalue weighted by molar-refractivity contribution is 5.69. The minimum Gasteiger partial charge on any atom is -1.00 e. The summed E-state index contributed by atoms with van der Waals surface area (Å²) in [5, 5.41) is 8.74. The van der Waals surface area contributed by atoms with E-state index in [2.05, 4.69) is 12.1 Å². The normalized spacial score (nSPS) is 9.56. The van der Waals surface area contributed by atoms with Crippen molar-refractivity contribution in [3.63, 3.8) is 0 Å². The molecule has 18 heavy (non-hydrogen) atoms. The monoisotopic (exact) mass is 263 g/mol. The lowest BCUT2D eigenvalue weighted by Gasteiger charge is -1.99. The van der Waals surface area contributed by atoms with Gasteiger partial charge in [-0.3, -0.25) is 4.79 Å². The molecule has 1 N–H and O–H groups in total. The summed E-state index contributed by atoms with van der Waals surface area (Å²) in [4.78, 5) is 10.6. The Morgan fingerprint density at radius 3 is 2.39 bits per heavy atom. The molecule has 0 aliphatic rings. The first-order valence-corrected chi connectivity index (χ1v) is 5.48. The van der Waals surface area contributed by atoms with Gasteiger partial charge in [0.15, 0.2) is 18.9 Å². The first kappa shape index (κ1) is 14.2. The maximum atomic E-state index is 10.6. The van der Waals surface area contributed by atoms with Crippen molar-refractivity contribution in [3.05, 3.63) is 66.0 Å². The van der Waals surface area contributed by atoms with Gasteiger partial charge in [-0.1, -0.05) is 30.3 Å². The summed E-state index contributed by atoms with van der Waals surface area (Å²) >= 11 is 0. The highest BCUT2D eigenvalue weighted by atomic mass is 35.5. The number of benzene rings is 1. The number of nitrogens with zero attached hydrogens (tertiary/aromatic N) is 1. The quantitative estimate of drug-likeness (QED) is 0.694. The summed E-state index contributed by atoms with van der Waals surface area (Å²) in [7, 11) is 0. The summed E-state index contributed by atoms with van der Waals surface area (Å²) in [5.74, 6) is -0.803. The van der Waals surface area contributed by atoms with Gasteiger partial charge >= 0.3 is 5.97 Å². The van der Waals surface area contributed by atoms with Gasteiger partial charge in [0.05, 0.1) is 6.42 Å². The first-order valence-electron chi connectivity index (χ1n) is 5.48. The number of halogens is 1. The molecule has 3 nitrogen and oxygen atoms in total. The second-order valence-electron chi connectivity index (χ2n) is 3.94. The van der Waals surface area contributed by atoms with Gasteiger partial charge in [-0.15, -0.1) is 0 Å². The summed E-state index contributed by atoms with van der Waals surface area (Å²) in [6, 6.07) is 13.8. The van der Waals surface area contributed by atoms with E-state index in [4.69, 9.17) is 5.11 Å². The lowest BCUT2D eigenvalue weighted by molar-refractivity contribution is -0.688. The van der Waals surface area contributed by atoms with Crippen LogP contribution in [0.4, 0.5) is 0 Å². The number of carbonyl (C=O) groups is 1. The number of rotatable bonds is 4. The van der Waals surface area contributed by atoms with Crippen LogP contribution in [-0.2, 0) is 17.8 Å². The number of pyridine rings is 1. The Labute approximate surface area is 112 Å². The fourth-order valence-corrected chi connectivity index (χ4v) is 1.75. The molecule has 1 heterocycles. The van der Waals surface area contributed by atoms with Gasteiger partial charge in [0.25, 0.3) is 0 Å². The van der Waals surface area contributed by atoms with Crippen LogP contribution in [0.2, 0.25) is 0 Å². The molecule has 1 aromatic carbocycles. The molecule has 0 radical (unpaired) electrons. The van der Waals surface area contributed by atoms with Crippen LogP contribution in [-0.4, -0.2) is 11.1 Å². The highest BCUT2D eigenvalue weighted by Gasteiger charge is 2.06. The molecule has 0 aliphatic carbocycles. The summed E-state index contributed by atoms with van der Waals surface area (Å²) in [6.07, 6.45) is 3.88. The third-order valence-electron chi connectivity index (χ3n) is 2.48. The van der Waals surface area contributed by atoms with Gasteiger partial charge < -0.3 is 17.5 Å². The molecule has 0 bridgehead atoms. The first-order chi connectivity index (χ1) is 8.24. The molecule has 94 valence electrons. The van der Waals surface area contributed by atoms with Gasteiger partial charge in [0.1, 0.15) is 0 Å². The van der Waals surface area contributed by atoms with Crippen molar-refractivity contribution in [1.29, 1.82) is 0 Å². The number of carboxylic acid groups (broad SMARTS) is 1. The zero-order valence-corrected chi connectivity index (χ0v) is 10.5. The Morgan fingerprint density at radius 1 is 1.06 bits per heavy atom. The number of aliphatic carboxylic acids is 1. The highest BCUT2D eigenvalue weighted by Crippen LogP contribution is 2.00. The third kappa shape index (κ3) is 4.18. The molecule has 2 rings (SSSR count). The van der Waals surface area contributed by atoms with E-state index < -0.39 is 5.97 Å². The van der Waals surface area contributed by atoms with E-state index in [1.807, 2.05) is 47.3 Å². The number of carboxylic acids is 1. The predicted octanol–water partition coefficient (Wildman–Crippen LogP) is -1.35. The minimum absolute atomic E-state index is 0. The Hall–Kier alpha value is -1.87. The molecule has 0 unspecified atom stereocenters. The molecular formula is C14H14ClNO2. The second-order valence-corrected chi connectivity index (χ2v) is 3.94. The average molecular weight is 264 g/mol. The number of hydrogen-bond acceptors (Lipinski definition) is 1. The zero-order valence-electron chi connectivity index (χ0n) is 9.79. The molecule has 0 saturated carbocycles. The van der Waals surface area contributed by atoms with Crippen LogP contribution in [0.15, 0.2) is 54.9 Å². The molecular weight excluding hydrogens is 250 g/mol. The maximum Gasteiger partial charge on any atom is 0.308 e. The number of hydrogen-bond donors (Lipinski definition) is 1. The van der Waals surface area contributed by atoms with E-state index >= 15 is 0 Å². The van der Waals surface area contributed by atoms with Gasteiger partial charge in [0, 0.05) is 17.2 Å². The van der Waals surface area contributed by atoms with Crippen molar-refractivity contribution in [1.82, 2.24) is 0 Å². The van der Waals surface area contributed by atoms with E-state index in [0.717, 1.165) is 12.1 Å². The Morgan fingerprint density at radius 2 is 1.72 bits per heavy atom. The topological polar surface area (TPSA) is 41.2 Å². The van der Waals surface area contributed by atoms with Crippen LogP contribution >= 0.6 is 0 Å². The van der Waals surface area contributed by atoms with Crippen molar-refractivity contribution in [2.45, 2.75) is 13.0 Å². The SMILES string of the molecule is O=C(O)Cc1ccc[n+](Cc2ccccc2)c1.[Cl-]. The fraction of sp³-hybridized carbons (Fsp3) is 0.143. The molecule has 1 aromatic heterocycles. The lowest BCUT2D eigenvalue weighted by atomic mass is 10.2. The predicted molar refractivity (Wildman–Crippen MR) is 63.5 cm³/mol. The molecule has 0 fully saturated rings. The smallest absolute Gasteiger partial charge is 0.308 e. The van der Waals surface area contributed by atoms with Gasteiger partial charge in [-0.2, -0.15) is 0 Å². The van der Waals surface area contributed by atoms with E-state index in [0.29, 0.717) is 0 Å².